The molecule has 0 aliphatic rings. The summed E-state index contributed by atoms with van der Waals surface area (Å²) in [7, 11) is 0. The zero-order chi connectivity index (χ0) is 14.4. The fourth-order valence-electron chi connectivity index (χ4n) is 1.41. The van der Waals surface area contributed by atoms with Crippen LogP contribution in [0.5, 0.6) is 0 Å². The van der Waals surface area contributed by atoms with E-state index in [1.54, 1.807) is 0 Å². The van der Waals surface area contributed by atoms with E-state index in [4.69, 9.17) is 5.11 Å². The van der Waals surface area contributed by atoms with Crippen LogP contribution in [0.1, 0.15) is 72.1 Å². The number of carboxylic acid groups (broad SMARTS) is 1. The summed E-state index contributed by atoms with van der Waals surface area (Å²) in [5.41, 5.74) is 0. The van der Waals surface area contributed by atoms with Gasteiger partial charge in [-0.1, -0.05) is 39.0 Å². The second kappa shape index (κ2) is 17.3. The van der Waals surface area contributed by atoms with Crippen LogP contribution in [0.4, 0.5) is 0 Å². The van der Waals surface area contributed by atoms with E-state index in [1.807, 2.05) is 0 Å². The van der Waals surface area contributed by atoms with E-state index in [0.717, 1.165) is 12.8 Å². The molecule has 0 saturated carbocycles. The van der Waals surface area contributed by atoms with Crippen LogP contribution in [0.3, 0.4) is 0 Å². The van der Waals surface area contributed by atoms with Crippen molar-refractivity contribution in [3.8, 4) is 0 Å². The van der Waals surface area contributed by atoms with E-state index in [2.05, 4.69) is 6.92 Å². The van der Waals surface area contributed by atoms with Crippen molar-refractivity contribution in [3.63, 3.8) is 0 Å². The fraction of sp³-hybridized carbons (Fsp3) is 0.786. The Morgan fingerprint density at radius 2 is 1.26 bits per heavy atom. The molecule has 0 heterocycles. The van der Waals surface area contributed by atoms with Gasteiger partial charge in [0.1, 0.15) is 11.6 Å². The largest absolute Gasteiger partial charge is 0.481 e. The predicted octanol–water partition coefficient (Wildman–Crippen LogP) is 3.37. The molecule has 0 aromatic rings. The Labute approximate surface area is 126 Å². The molecule has 1 radical (unpaired) electrons. The first-order valence-corrected chi connectivity index (χ1v) is 6.60. The summed E-state index contributed by atoms with van der Waals surface area (Å²) >= 11 is 0. The number of carbonyl (C=O) groups is 3. The number of carboxylic acids is 1. The number of hydrogen-bond acceptors (Lipinski definition) is 3. The summed E-state index contributed by atoms with van der Waals surface area (Å²) in [5.74, 6) is -0.791. The number of unbranched alkanes of at least 4 members (excludes halogenated alkanes) is 5. The fourth-order valence-corrected chi connectivity index (χ4v) is 1.41. The van der Waals surface area contributed by atoms with Crippen molar-refractivity contribution in [2.24, 2.45) is 0 Å². The monoisotopic (exact) mass is 321 g/mol. The van der Waals surface area contributed by atoms with Crippen LogP contribution in [0.25, 0.3) is 0 Å². The molecule has 5 heteroatoms. The number of rotatable bonds is 9. The molecular formula is C14H26CuO4. The van der Waals surface area contributed by atoms with E-state index < -0.39 is 5.97 Å². The third-order valence-corrected chi connectivity index (χ3v) is 2.24. The smallest absolute Gasteiger partial charge is 0.303 e. The first-order valence-electron chi connectivity index (χ1n) is 6.60. The molecule has 0 saturated heterocycles. The Hall–Kier alpha value is -0.671. The van der Waals surface area contributed by atoms with Gasteiger partial charge in [-0.05, 0) is 20.3 Å². The Balaban J connectivity index is -0.000000280. The molecular weight excluding hydrogens is 296 g/mol. The van der Waals surface area contributed by atoms with E-state index >= 15 is 0 Å². The minimum Gasteiger partial charge on any atom is -0.481 e. The molecule has 0 unspecified atom stereocenters. The first-order chi connectivity index (χ1) is 8.40. The third-order valence-electron chi connectivity index (χ3n) is 2.24. The van der Waals surface area contributed by atoms with Crippen LogP contribution >= 0.6 is 0 Å². The molecule has 0 fully saturated rings. The summed E-state index contributed by atoms with van der Waals surface area (Å²) in [6, 6.07) is 0. The minimum atomic E-state index is -0.666. The minimum absolute atomic E-state index is 0. The second-order valence-electron chi connectivity index (χ2n) is 4.49. The van der Waals surface area contributed by atoms with Crippen molar-refractivity contribution in [1.82, 2.24) is 0 Å². The van der Waals surface area contributed by atoms with Gasteiger partial charge in [0, 0.05) is 23.5 Å². The maximum absolute atomic E-state index is 10.1. The Kier molecular flexibility index (Phi) is 21.4. The standard InChI is InChI=1S/C9H18O2.C5H8O2.Cu/c1-2-3-4-5-6-7-8-9(10)11;1-4(6)3-5(2)7;/h2-8H2,1H3,(H,10,11);3H2,1-2H3;. The van der Waals surface area contributed by atoms with Crippen LogP contribution in [0, 0.1) is 0 Å². The van der Waals surface area contributed by atoms with Crippen molar-refractivity contribution in [1.29, 1.82) is 0 Å². The summed E-state index contributed by atoms with van der Waals surface area (Å²) in [6.45, 7) is 4.99. The quantitative estimate of drug-likeness (QED) is 0.401. The number of hydrogen-bond donors (Lipinski definition) is 1. The van der Waals surface area contributed by atoms with E-state index in [1.165, 1.54) is 39.5 Å². The van der Waals surface area contributed by atoms with E-state index in [9.17, 15) is 14.4 Å². The maximum atomic E-state index is 10.1. The Morgan fingerprint density at radius 1 is 0.842 bits per heavy atom. The maximum Gasteiger partial charge on any atom is 0.303 e. The van der Waals surface area contributed by atoms with Crippen LogP contribution in [-0.4, -0.2) is 22.6 Å². The van der Waals surface area contributed by atoms with E-state index in [-0.39, 0.29) is 35.1 Å². The van der Waals surface area contributed by atoms with Gasteiger partial charge >= 0.3 is 5.97 Å². The van der Waals surface area contributed by atoms with Crippen molar-refractivity contribution >= 4 is 17.5 Å². The molecule has 0 spiro atoms. The third kappa shape index (κ3) is 31.7. The van der Waals surface area contributed by atoms with Crippen molar-refractivity contribution in [2.75, 3.05) is 0 Å². The zero-order valence-corrected chi connectivity index (χ0v) is 13.1. The molecule has 0 aromatic carbocycles. The number of aliphatic carboxylic acids is 1. The molecule has 0 amide bonds. The Bertz CT molecular complexity index is 240. The van der Waals surface area contributed by atoms with Gasteiger partial charge in [-0.25, -0.2) is 0 Å². The number of ketones is 2. The molecule has 0 aromatic heterocycles. The van der Waals surface area contributed by atoms with Gasteiger partial charge in [-0.15, -0.1) is 0 Å². The van der Waals surface area contributed by atoms with Crippen molar-refractivity contribution < 1.29 is 36.6 Å². The predicted molar refractivity (Wildman–Crippen MR) is 71.6 cm³/mol. The number of carbonyl (C=O) groups excluding carboxylic acids is 2. The molecule has 0 aliphatic heterocycles. The van der Waals surface area contributed by atoms with Gasteiger partial charge in [-0.2, -0.15) is 0 Å². The molecule has 4 nitrogen and oxygen atoms in total. The van der Waals surface area contributed by atoms with Gasteiger partial charge in [0.15, 0.2) is 0 Å². The van der Waals surface area contributed by atoms with Crippen LogP contribution in [0.2, 0.25) is 0 Å². The van der Waals surface area contributed by atoms with Crippen LogP contribution < -0.4 is 0 Å². The van der Waals surface area contributed by atoms with Crippen molar-refractivity contribution in [3.05, 3.63) is 0 Å². The molecule has 117 valence electrons. The zero-order valence-electron chi connectivity index (χ0n) is 12.1. The average molecular weight is 322 g/mol. The second-order valence-corrected chi connectivity index (χ2v) is 4.49. The van der Waals surface area contributed by atoms with E-state index in [0.29, 0.717) is 6.42 Å². The average Bonchev–Trinajstić information content (AvgIpc) is 2.21. The topological polar surface area (TPSA) is 71.4 Å². The molecule has 0 aliphatic carbocycles. The van der Waals surface area contributed by atoms with Gasteiger partial charge in [0.25, 0.3) is 0 Å². The summed E-state index contributed by atoms with van der Waals surface area (Å²) in [5, 5.41) is 8.32. The van der Waals surface area contributed by atoms with Gasteiger partial charge in [-0.3, -0.25) is 14.4 Å². The molecule has 19 heavy (non-hydrogen) atoms. The normalized spacial score (nSPS) is 8.79. The van der Waals surface area contributed by atoms with Crippen molar-refractivity contribution in [2.45, 2.75) is 72.1 Å². The number of Topliss-reactive ketones (excluding diaryl/α,β-unsaturated/α-hetero) is 2. The summed E-state index contributed by atoms with van der Waals surface area (Å²) in [6.07, 6.45) is 7.33. The van der Waals surface area contributed by atoms with Crippen LogP contribution in [-0.2, 0) is 31.5 Å². The van der Waals surface area contributed by atoms with Gasteiger partial charge in [0.05, 0.1) is 6.42 Å². The molecule has 0 atom stereocenters. The first kappa shape index (κ1) is 23.4. The molecule has 0 bridgehead atoms. The Morgan fingerprint density at radius 3 is 1.58 bits per heavy atom. The van der Waals surface area contributed by atoms with Gasteiger partial charge in [0.2, 0.25) is 0 Å². The SMILES string of the molecule is CC(=O)CC(C)=O.CCCCCCCCC(=O)O.[Cu]. The molecule has 1 N–H and O–H groups in total. The molecule has 0 rings (SSSR count). The van der Waals surface area contributed by atoms with Gasteiger partial charge < -0.3 is 5.11 Å². The summed E-state index contributed by atoms with van der Waals surface area (Å²) < 4.78 is 0. The summed E-state index contributed by atoms with van der Waals surface area (Å²) in [4.78, 5) is 30.2. The van der Waals surface area contributed by atoms with Crippen LogP contribution in [0.15, 0.2) is 0 Å².